The van der Waals surface area contributed by atoms with E-state index in [9.17, 15) is 9.59 Å². The molecule has 6 heteroatoms. The number of aryl methyl sites for hydroxylation is 1. The zero-order chi connectivity index (χ0) is 19.8. The summed E-state index contributed by atoms with van der Waals surface area (Å²) in [7, 11) is 0. The summed E-state index contributed by atoms with van der Waals surface area (Å²) >= 11 is 0. The Morgan fingerprint density at radius 3 is 2.45 bits per heavy atom. The molecule has 0 bridgehead atoms. The Balaban J connectivity index is 1.52. The highest BCUT2D eigenvalue weighted by atomic mass is 16.2. The van der Waals surface area contributed by atoms with Crippen LogP contribution in [0, 0.1) is 0 Å². The summed E-state index contributed by atoms with van der Waals surface area (Å²) in [6.45, 7) is 3.07. The van der Waals surface area contributed by atoms with Crippen molar-refractivity contribution in [1.82, 2.24) is 14.5 Å². The summed E-state index contributed by atoms with van der Waals surface area (Å²) in [5.74, 6) is 0.378. The van der Waals surface area contributed by atoms with Crippen molar-refractivity contribution in [2.75, 3.05) is 24.5 Å². The lowest BCUT2D eigenvalue weighted by Crippen LogP contribution is -2.37. The molecule has 5 rings (SSSR count). The Bertz CT molecular complexity index is 942. The summed E-state index contributed by atoms with van der Waals surface area (Å²) < 4.78 is 2.03. The van der Waals surface area contributed by atoms with Gasteiger partial charge in [-0.1, -0.05) is 18.2 Å². The number of likely N-dealkylation sites (tertiary alicyclic amines) is 1. The molecule has 1 aromatic heterocycles. The van der Waals surface area contributed by atoms with Crippen LogP contribution in [0.4, 0.5) is 5.69 Å². The number of carbonyl (C=O) groups is 2. The first-order valence-electron chi connectivity index (χ1n) is 11.0. The molecule has 3 aliphatic rings. The monoisotopic (exact) mass is 392 g/mol. The quantitative estimate of drug-likeness (QED) is 0.787. The molecule has 4 heterocycles. The molecule has 1 saturated heterocycles. The maximum Gasteiger partial charge on any atom is 0.294 e. The molecule has 1 aromatic carbocycles. The summed E-state index contributed by atoms with van der Waals surface area (Å²) in [4.78, 5) is 35.2. The van der Waals surface area contributed by atoms with Gasteiger partial charge in [0.15, 0.2) is 0 Å². The minimum Gasteiger partial charge on any atom is -0.337 e. The molecule has 152 valence electrons. The van der Waals surface area contributed by atoms with Crippen molar-refractivity contribution in [1.29, 1.82) is 0 Å². The number of benzene rings is 1. The minimum absolute atomic E-state index is 0.00782. The van der Waals surface area contributed by atoms with E-state index in [4.69, 9.17) is 4.98 Å². The fraction of sp³-hybridized carbons (Fsp3) is 0.522. The van der Waals surface area contributed by atoms with Crippen LogP contribution in [0.1, 0.15) is 70.9 Å². The number of imidazole rings is 1. The third-order valence-electron chi connectivity index (χ3n) is 6.51. The smallest absolute Gasteiger partial charge is 0.294 e. The highest BCUT2D eigenvalue weighted by Gasteiger charge is 2.33. The summed E-state index contributed by atoms with van der Waals surface area (Å²) in [5, 5.41) is 0. The van der Waals surface area contributed by atoms with Crippen LogP contribution in [-0.2, 0) is 19.4 Å². The number of nitrogens with zero attached hydrogens (tertiary/aromatic N) is 4. The van der Waals surface area contributed by atoms with E-state index in [2.05, 4.69) is 6.07 Å². The maximum absolute atomic E-state index is 13.6. The molecule has 0 unspecified atom stereocenters. The van der Waals surface area contributed by atoms with Gasteiger partial charge in [-0.3, -0.25) is 9.59 Å². The van der Waals surface area contributed by atoms with Crippen LogP contribution in [-0.4, -0.2) is 45.9 Å². The molecule has 6 nitrogen and oxygen atoms in total. The number of piperidine rings is 1. The Kier molecular flexibility index (Phi) is 4.86. The Hall–Kier alpha value is -2.63. The van der Waals surface area contributed by atoms with E-state index in [-0.39, 0.29) is 11.8 Å². The number of amides is 2. The van der Waals surface area contributed by atoms with Gasteiger partial charge in [-0.2, -0.15) is 0 Å². The average molecular weight is 393 g/mol. The van der Waals surface area contributed by atoms with Gasteiger partial charge in [0.2, 0.25) is 5.82 Å². The molecule has 3 aliphatic heterocycles. The lowest BCUT2D eigenvalue weighted by Gasteiger charge is -2.29. The normalized spacial score (nSPS) is 18.9. The predicted molar refractivity (Wildman–Crippen MR) is 111 cm³/mol. The molecule has 0 radical (unpaired) electrons. The third-order valence-corrected chi connectivity index (χ3v) is 6.51. The van der Waals surface area contributed by atoms with E-state index in [1.165, 1.54) is 12.0 Å². The van der Waals surface area contributed by atoms with E-state index >= 15 is 0 Å². The average Bonchev–Trinajstić information content (AvgIpc) is 3.18. The first kappa shape index (κ1) is 18.4. The summed E-state index contributed by atoms with van der Waals surface area (Å²) in [6, 6.07) is 8.13. The number of rotatable bonds is 2. The zero-order valence-corrected chi connectivity index (χ0v) is 16.9. The van der Waals surface area contributed by atoms with Gasteiger partial charge in [0, 0.05) is 31.9 Å². The van der Waals surface area contributed by atoms with Gasteiger partial charge >= 0.3 is 0 Å². The van der Waals surface area contributed by atoms with E-state index in [1.807, 2.05) is 32.6 Å². The standard InChI is InChI=1S/C23H28N4O2/c28-22(25-13-5-1-6-14-25)20-19-12-4-7-15-26(19)21(24-20)23(29)27-16-8-10-17-9-2-3-11-18(17)27/h2-3,9,11H,1,4-8,10,12-16H2. The third kappa shape index (κ3) is 3.24. The van der Waals surface area contributed by atoms with Crippen LogP contribution in [0.5, 0.6) is 0 Å². The van der Waals surface area contributed by atoms with Crippen molar-refractivity contribution in [2.45, 2.75) is 57.9 Å². The van der Waals surface area contributed by atoms with Gasteiger partial charge in [-0.05, 0) is 63.0 Å². The number of para-hydroxylation sites is 1. The molecule has 2 amide bonds. The van der Waals surface area contributed by atoms with Gasteiger partial charge in [-0.25, -0.2) is 4.98 Å². The molecule has 1 fully saturated rings. The minimum atomic E-state index is -0.0713. The fourth-order valence-corrected chi connectivity index (χ4v) is 4.99. The van der Waals surface area contributed by atoms with Crippen molar-refractivity contribution in [3.8, 4) is 0 Å². The largest absolute Gasteiger partial charge is 0.337 e. The number of anilines is 1. The molecule has 2 aromatic rings. The van der Waals surface area contributed by atoms with Gasteiger partial charge in [0.05, 0.1) is 5.69 Å². The molecular formula is C23H28N4O2. The number of hydrogen-bond acceptors (Lipinski definition) is 3. The van der Waals surface area contributed by atoms with Crippen LogP contribution in [0.15, 0.2) is 24.3 Å². The topological polar surface area (TPSA) is 58.4 Å². The molecular weight excluding hydrogens is 364 g/mol. The highest BCUT2D eigenvalue weighted by Crippen LogP contribution is 2.30. The van der Waals surface area contributed by atoms with E-state index in [0.29, 0.717) is 18.1 Å². The van der Waals surface area contributed by atoms with E-state index < -0.39 is 0 Å². The lowest BCUT2D eigenvalue weighted by atomic mass is 10.0. The van der Waals surface area contributed by atoms with Crippen LogP contribution in [0.3, 0.4) is 0 Å². The predicted octanol–water partition coefficient (Wildman–Crippen LogP) is 3.44. The van der Waals surface area contributed by atoms with E-state index in [1.54, 1.807) is 0 Å². The molecule has 0 N–H and O–H groups in total. The first-order chi connectivity index (χ1) is 14.2. The molecule has 0 atom stereocenters. The Morgan fingerprint density at radius 2 is 1.59 bits per heavy atom. The van der Waals surface area contributed by atoms with Crippen LogP contribution >= 0.6 is 0 Å². The second-order valence-electron chi connectivity index (χ2n) is 8.38. The molecule has 0 aliphatic carbocycles. The number of fused-ring (bicyclic) bond motifs is 2. The lowest BCUT2D eigenvalue weighted by molar-refractivity contribution is 0.0717. The molecule has 29 heavy (non-hydrogen) atoms. The van der Waals surface area contributed by atoms with Crippen molar-refractivity contribution in [3.05, 3.63) is 47.0 Å². The van der Waals surface area contributed by atoms with Gasteiger partial charge in [0.1, 0.15) is 5.69 Å². The van der Waals surface area contributed by atoms with Gasteiger partial charge < -0.3 is 14.4 Å². The van der Waals surface area contributed by atoms with Crippen LogP contribution in [0.2, 0.25) is 0 Å². The van der Waals surface area contributed by atoms with Crippen LogP contribution in [0.25, 0.3) is 0 Å². The van der Waals surface area contributed by atoms with E-state index in [0.717, 1.165) is 76.0 Å². The van der Waals surface area contributed by atoms with Gasteiger partial charge in [-0.15, -0.1) is 0 Å². The van der Waals surface area contributed by atoms with Crippen molar-refractivity contribution >= 4 is 17.5 Å². The summed E-state index contributed by atoms with van der Waals surface area (Å²) in [6.07, 6.45) is 8.14. The fourth-order valence-electron chi connectivity index (χ4n) is 4.99. The van der Waals surface area contributed by atoms with Crippen molar-refractivity contribution in [3.63, 3.8) is 0 Å². The Labute approximate surface area is 171 Å². The Morgan fingerprint density at radius 1 is 0.793 bits per heavy atom. The van der Waals surface area contributed by atoms with Gasteiger partial charge in [0.25, 0.3) is 11.8 Å². The number of carbonyl (C=O) groups excluding carboxylic acids is 2. The first-order valence-corrected chi connectivity index (χ1v) is 11.0. The highest BCUT2D eigenvalue weighted by molar-refractivity contribution is 6.06. The summed E-state index contributed by atoms with van der Waals surface area (Å²) in [5.41, 5.74) is 3.67. The zero-order valence-electron chi connectivity index (χ0n) is 16.9. The SMILES string of the molecule is O=C(c1nc(C(=O)N2CCCc3ccccc32)n2c1CCCC2)N1CCCCC1. The maximum atomic E-state index is 13.6. The second kappa shape index (κ2) is 7.65. The molecule has 0 saturated carbocycles. The number of aromatic nitrogens is 2. The second-order valence-corrected chi connectivity index (χ2v) is 8.38. The number of hydrogen-bond donors (Lipinski definition) is 0. The molecule has 0 spiro atoms. The van der Waals surface area contributed by atoms with Crippen molar-refractivity contribution < 1.29 is 9.59 Å². The van der Waals surface area contributed by atoms with Crippen molar-refractivity contribution in [2.24, 2.45) is 0 Å². The van der Waals surface area contributed by atoms with Crippen LogP contribution < -0.4 is 4.90 Å².